The molecule has 1 rings (SSSR count). The van der Waals surface area contributed by atoms with Crippen LogP contribution >= 0.6 is 23.2 Å². The van der Waals surface area contributed by atoms with Crippen LogP contribution in [0.4, 0.5) is 5.69 Å². The summed E-state index contributed by atoms with van der Waals surface area (Å²) in [7, 11) is 1.70. The zero-order valence-corrected chi connectivity index (χ0v) is 10.4. The van der Waals surface area contributed by atoms with Crippen LogP contribution in [0.2, 0.25) is 10.0 Å². The minimum atomic E-state index is 0.446. The van der Waals surface area contributed by atoms with Crippen molar-refractivity contribution in [2.45, 2.75) is 6.92 Å². The van der Waals surface area contributed by atoms with E-state index in [9.17, 15) is 0 Å². The molecule has 0 fully saturated rings. The van der Waals surface area contributed by atoms with E-state index in [0.717, 1.165) is 18.8 Å². The van der Waals surface area contributed by atoms with Crippen LogP contribution in [0.1, 0.15) is 6.92 Å². The van der Waals surface area contributed by atoms with Gasteiger partial charge in [0.05, 0.1) is 17.3 Å². The summed E-state index contributed by atoms with van der Waals surface area (Å²) in [6.45, 7) is 3.67. The van der Waals surface area contributed by atoms with Gasteiger partial charge in [0.25, 0.3) is 0 Å². The lowest BCUT2D eigenvalue weighted by molar-refractivity contribution is 0.164. The van der Waals surface area contributed by atoms with Gasteiger partial charge in [-0.2, -0.15) is 0 Å². The van der Waals surface area contributed by atoms with Gasteiger partial charge in [-0.3, -0.25) is 0 Å². The van der Waals surface area contributed by atoms with Crippen LogP contribution in [-0.4, -0.2) is 20.3 Å². The lowest BCUT2D eigenvalue weighted by atomic mass is 10.2. The average Bonchev–Trinajstić information content (AvgIpc) is 2.17. The maximum Gasteiger partial charge on any atom is 0.0652 e. The Morgan fingerprint density at radius 2 is 2.13 bits per heavy atom. The van der Waals surface area contributed by atoms with E-state index in [1.165, 1.54) is 0 Å². The Bertz CT molecular complexity index is 317. The molecule has 84 valence electrons. The predicted molar refractivity (Wildman–Crippen MR) is 66.0 cm³/mol. The van der Waals surface area contributed by atoms with E-state index in [0.29, 0.717) is 16.0 Å². The van der Waals surface area contributed by atoms with Crippen molar-refractivity contribution in [1.82, 2.24) is 0 Å². The normalized spacial score (nSPS) is 12.5. The van der Waals surface area contributed by atoms with Crippen molar-refractivity contribution in [3.8, 4) is 0 Å². The van der Waals surface area contributed by atoms with E-state index in [2.05, 4.69) is 12.2 Å². The van der Waals surface area contributed by atoms with Crippen molar-refractivity contribution in [2.24, 2.45) is 5.92 Å². The van der Waals surface area contributed by atoms with Crippen molar-refractivity contribution in [2.75, 3.05) is 25.6 Å². The number of hydrogen-bond acceptors (Lipinski definition) is 2. The smallest absolute Gasteiger partial charge is 0.0652 e. The molecule has 1 aromatic rings. The van der Waals surface area contributed by atoms with Crippen LogP contribution in [0.15, 0.2) is 18.2 Å². The van der Waals surface area contributed by atoms with Crippen LogP contribution in [0.3, 0.4) is 0 Å². The molecule has 0 saturated carbocycles. The quantitative estimate of drug-likeness (QED) is 0.858. The molecule has 1 N–H and O–H groups in total. The second kappa shape index (κ2) is 6.21. The number of nitrogens with one attached hydrogen (secondary N) is 1. The molecule has 0 radical (unpaired) electrons. The van der Waals surface area contributed by atoms with E-state index < -0.39 is 0 Å². The molecular formula is C11H15Cl2NO. The number of anilines is 1. The van der Waals surface area contributed by atoms with Crippen LogP contribution in [0.5, 0.6) is 0 Å². The van der Waals surface area contributed by atoms with Crippen LogP contribution < -0.4 is 5.32 Å². The summed E-state index contributed by atoms with van der Waals surface area (Å²) in [6.07, 6.45) is 0. The monoisotopic (exact) mass is 247 g/mol. The van der Waals surface area contributed by atoms with E-state index >= 15 is 0 Å². The maximum atomic E-state index is 6.01. The predicted octanol–water partition coefficient (Wildman–Crippen LogP) is 3.69. The zero-order chi connectivity index (χ0) is 11.3. The Morgan fingerprint density at radius 1 is 1.40 bits per heavy atom. The molecule has 2 nitrogen and oxygen atoms in total. The number of halogens is 2. The van der Waals surface area contributed by atoms with Gasteiger partial charge in [-0.15, -0.1) is 0 Å². The summed E-state index contributed by atoms with van der Waals surface area (Å²) >= 11 is 11.8. The molecule has 1 unspecified atom stereocenters. The lowest BCUT2D eigenvalue weighted by Gasteiger charge is -2.13. The summed E-state index contributed by atoms with van der Waals surface area (Å²) in [5.41, 5.74) is 0.906. The van der Waals surface area contributed by atoms with Crippen LogP contribution in [0.25, 0.3) is 0 Å². The Labute approximate surface area is 101 Å². The standard InChI is InChI=1S/C11H15Cl2NO/c1-8(7-15-2)6-14-11-4-3-9(12)5-10(11)13/h3-5,8,14H,6-7H2,1-2H3. The van der Waals surface area contributed by atoms with Crippen molar-refractivity contribution in [3.63, 3.8) is 0 Å². The summed E-state index contributed by atoms with van der Waals surface area (Å²) < 4.78 is 5.05. The molecule has 1 aromatic carbocycles. The highest BCUT2D eigenvalue weighted by Gasteiger charge is 2.04. The fraction of sp³-hybridized carbons (Fsp3) is 0.455. The summed E-state index contributed by atoms with van der Waals surface area (Å²) in [4.78, 5) is 0. The summed E-state index contributed by atoms with van der Waals surface area (Å²) in [5, 5.41) is 4.55. The summed E-state index contributed by atoms with van der Waals surface area (Å²) in [6, 6.07) is 5.42. The maximum absolute atomic E-state index is 6.01. The largest absolute Gasteiger partial charge is 0.384 e. The lowest BCUT2D eigenvalue weighted by Crippen LogP contribution is -2.15. The number of methoxy groups -OCH3 is 1. The topological polar surface area (TPSA) is 21.3 Å². The number of rotatable bonds is 5. The fourth-order valence-electron chi connectivity index (χ4n) is 1.26. The van der Waals surface area contributed by atoms with Crippen LogP contribution in [0, 0.1) is 5.92 Å². The van der Waals surface area contributed by atoms with Crippen LogP contribution in [-0.2, 0) is 4.74 Å². The molecule has 0 spiro atoms. The van der Waals surface area contributed by atoms with E-state index in [1.54, 1.807) is 13.2 Å². The molecule has 0 aliphatic heterocycles. The molecule has 4 heteroatoms. The average molecular weight is 248 g/mol. The van der Waals surface area contributed by atoms with Crippen molar-refractivity contribution >= 4 is 28.9 Å². The van der Waals surface area contributed by atoms with Gasteiger partial charge in [0.15, 0.2) is 0 Å². The number of hydrogen-bond donors (Lipinski definition) is 1. The van der Waals surface area contributed by atoms with Gasteiger partial charge in [-0.25, -0.2) is 0 Å². The zero-order valence-electron chi connectivity index (χ0n) is 8.89. The number of ether oxygens (including phenoxy) is 1. The molecule has 0 aliphatic rings. The fourth-order valence-corrected chi connectivity index (χ4v) is 1.74. The first-order valence-corrected chi connectivity index (χ1v) is 5.57. The molecule has 0 saturated heterocycles. The highest BCUT2D eigenvalue weighted by atomic mass is 35.5. The first kappa shape index (κ1) is 12.6. The Balaban J connectivity index is 2.50. The molecule has 0 amide bonds. The molecule has 0 aromatic heterocycles. The minimum absolute atomic E-state index is 0.446. The third-order valence-corrected chi connectivity index (χ3v) is 2.57. The van der Waals surface area contributed by atoms with Gasteiger partial charge < -0.3 is 10.1 Å². The Kier molecular flexibility index (Phi) is 5.23. The first-order chi connectivity index (χ1) is 7.13. The highest BCUT2D eigenvalue weighted by molar-refractivity contribution is 6.36. The summed E-state index contributed by atoms with van der Waals surface area (Å²) in [5.74, 6) is 0.446. The molecule has 1 atom stereocenters. The molecule has 0 aliphatic carbocycles. The van der Waals surface area contributed by atoms with E-state index in [4.69, 9.17) is 27.9 Å². The van der Waals surface area contributed by atoms with Crippen molar-refractivity contribution < 1.29 is 4.74 Å². The SMILES string of the molecule is COCC(C)CNc1ccc(Cl)cc1Cl. The molecule has 15 heavy (non-hydrogen) atoms. The molecule has 0 heterocycles. The second-order valence-corrected chi connectivity index (χ2v) is 4.41. The molecular weight excluding hydrogens is 233 g/mol. The molecule has 0 bridgehead atoms. The van der Waals surface area contributed by atoms with Crippen molar-refractivity contribution in [3.05, 3.63) is 28.2 Å². The third kappa shape index (κ3) is 4.29. The Morgan fingerprint density at radius 3 is 2.73 bits per heavy atom. The third-order valence-electron chi connectivity index (χ3n) is 2.02. The van der Waals surface area contributed by atoms with Gasteiger partial charge in [-0.1, -0.05) is 30.1 Å². The minimum Gasteiger partial charge on any atom is -0.384 e. The van der Waals surface area contributed by atoms with Gasteiger partial charge in [0.2, 0.25) is 0 Å². The van der Waals surface area contributed by atoms with Gasteiger partial charge >= 0.3 is 0 Å². The van der Waals surface area contributed by atoms with E-state index in [1.807, 2.05) is 12.1 Å². The van der Waals surface area contributed by atoms with Gasteiger partial charge in [-0.05, 0) is 24.1 Å². The second-order valence-electron chi connectivity index (χ2n) is 3.57. The number of benzene rings is 1. The first-order valence-electron chi connectivity index (χ1n) is 4.81. The van der Waals surface area contributed by atoms with E-state index in [-0.39, 0.29) is 0 Å². The Hall–Kier alpha value is -0.440. The van der Waals surface area contributed by atoms with Gasteiger partial charge in [0.1, 0.15) is 0 Å². The van der Waals surface area contributed by atoms with Crippen molar-refractivity contribution in [1.29, 1.82) is 0 Å². The van der Waals surface area contributed by atoms with Gasteiger partial charge in [0, 0.05) is 18.7 Å². The highest BCUT2D eigenvalue weighted by Crippen LogP contribution is 2.25.